The van der Waals surface area contributed by atoms with Crippen molar-refractivity contribution >= 4 is 23.2 Å². The number of amides is 1. The second kappa shape index (κ2) is 5.85. The minimum absolute atomic E-state index is 0.153. The summed E-state index contributed by atoms with van der Waals surface area (Å²) in [6.45, 7) is 2.31. The number of hydrogen-bond acceptors (Lipinski definition) is 4. The highest BCUT2D eigenvalue weighted by Crippen LogP contribution is 2.35. The van der Waals surface area contributed by atoms with Crippen molar-refractivity contribution < 1.29 is 14.3 Å². The molecule has 6 heteroatoms. The number of benzene rings is 1. The number of carbonyl (C=O) groups is 1. The Labute approximate surface area is 133 Å². The van der Waals surface area contributed by atoms with E-state index in [0.717, 1.165) is 0 Å². The zero-order valence-electron chi connectivity index (χ0n) is 12.2. The molecule has 3 rings (SSSR count). The number of methoxy groups -OCH3 is 1. The van der Waals surface area contributed by atoms with Crippen LogP contribution < -0.4 is 14.4 Å². The van der Waals surface area contributed by atoms with Gasteiger partial charge in [-0.3, -0.25) is 9.69 Å². The van der Waals surface area contributed by atoms with E-state index < -0.39 is 0 Å². The third kappa shape index (κ3) is 2.48. The summed E-state index contributed by atoms with van der Waals surface area (Å²) in [6, 6.07) is 8.70. The third-order valence-corrected chi connectivity index (χ3v) is 3.76. The second-order valence-electron chi connectivity index (χ2n) is 4.99. The molecule has 5 nitrogen and oxygen atoms in total. The molecule has 22 heavy (non-hydrogen) atoms. The molecule has 1 amide bonds. The lowest BCUT2D eigenvalue weighted by Gasteiger charge is -2.32. The Morgan fingerprint density at radius 1 is 1.41 bits per heavy atom. The predicted molar refractivity (Wildman–Crippen MR) is 84.0 cm³/mol. The normalized spacial score (nSPS) is 16.7. The number of ether oxygens (including phenoxy) is 2. The van der Waals surface area contributed by atoms with Crippen LogP contribution in [0.4, 0.5) is 5.69 Å². The fourth-order valence-corrected chi connectivity index (χ4v) is 2.72. The Bertz CT molecular complexity index is 720. The van der Waals surface area contributed by atoms with E-state index in [4.69, 9.17) is 21.1 Å². The summed E-state index contributed by atoms with van der Waals surface area (Å²) in [7, 11) is 1.51. The lowest BCUT2D eigenvalue weighted by molar-refractivity contribution is 0.0956. The first-order valence-corrected chi connectivity index (χ1v) is 7.25. The number of anilines is 1. The second-order valence-corrected chi connectivity index (χ2v) is 5.40. The van der Waals surface area contributed by atoms with E-state index in [0.29, 0.717) is 34.4 Å². The van der Waals surface area contributed by atoms with Gasteiger partial charge in [0.1, 0.15) is 23.1 Å². The first kappa shape index (κ1) is 14.7. The van der Waals surface area contributed by atoms with Crippen LogP contribution in [-0.2, 0) is 0 Å². The molecule has 0 saturated heterocycles. The SMILES string of the molecule is COc1cccc(Cl)c1C(=O)N1C[C@H](C)Oc2ncccc21. The Kier molecular flexibility index (Phi) is 3.90. The van der Waals surface area contributed by atoms with Gasteiger partial charge in [-0.25, -0.2) is 4.98 Å². The van der Waals surface area contributed by atoms with Crippen LogP contribution >= 0.6 is 11.6 Å². The van der Waals surface area contributed by atoms with E-state index in [1.807, 2.05) is 6.92 Å². The number of rotatable bonds is 2. The van der Waals surface area contributed by atoms with Gasteiger partial charge >= 0.3 is 0 Å². The van der Waals surface area contributed by atoms with Gasteiger partial charge in [0.2, 0.25) is 5.88 Å². The maximum atomic E-state index is 13.0. The van der Waals surface area contributed by atoms with Crippen LogP contribution in [0, 0.1) is 0 Å². The Morgan fingerprint density at radius 2 is 2.23 bits per heavy atom. The number of hydrogen-bond donors (Lipinski definition) is 0. The van der Waals surface area contributed by atoms with E-state index in [1.165, 1.54) is 7.11 Å². The molecule has 2 heterocycles. The van der Waals surface area contributed by atoms with Crippen molar-refractivity contribution in [3.8, 4) is 11.6 Å². The number of aromatic nitrogens is 1. The molecule has 0 radical (unpaired) electrons. The molecular formula is C16H15ClN2O3. The molecule has 1 aliphatic heterocycles. The molecule has 1 aromatic heterocycles. The zero-order chi connectivity index (χ0) is 15.7. The average Bonchev–Trinajstić information content (AvgIpc) is 2.53. The summed E-state index contributed by atoms with van der Waals surface area (Å²) < 4.78 is 10.9. The Balaban J connectivity index is 2.07. The van der Waals surface area contributed by atoms with Crippen LogP contribution in [0.15, 0.2) is 36.5 Å². The van der Waals surface area contributed by atoms with Crippen LogP contribution in [0.2, 0.25) is 5.02 Å². The first-order valence-electron chi connectivity index (χ1n) is 6.88. The molecule has 0 unspecified atom stereocenters. The largest absolute Gasteiger partial charge is 0.496 e. The monoisotopic (exact) mass is 318 g/mol. The molecule has 114 valence electrons. The molecule has 0 fully saturated rings. The number of fused-ring (bicyclic) bond motifs is 1. The number of carbonyl (C=O) groups excluding carboxylic acids is 1. The smallest absolute Gasteiger partial charge is 0.263 e. The van der Waals surface area contributed by atoms with E-state index in [9.17, 15) is 4.79 Å². The van der Waals surface area contributed by atoms with Gasteiger partial charge in [-0.05, 0) is 31.2 Å². The van der Waals surface area contributed by atoms with Crippen molar-refractivity contribution in [3.63, 3.8) is 0 Å². The molecule has 0 saturated carbocycles. The van der Waals surface area contributed by atoms with Gasteiger partial charge in [-0.15, -0.1) is 0 Å². The van der Waals surface area contributed by atoms with Gasteiger partial charge in [0.15, 0.2) is 0 Å². The molecule has 0 N–H and O–H groups in total. The maximum Gasteiger partial charge on any atom is 0.263 e. The summed E-state index contributed by atoms with van der Waals surface area (Å²) in [5, 5.41) is 0.355. The molecule has 2 aromatic rings. The third-order valence-electron chi connectivity index (χ3n) is 3.45. The molecule has 0 bridgehead atoms. The summed E-state index contributed by atoms with van der Waals surface area (Å²) in [4.78, 5) is 18.8. The zero-order valence-corrected chi connectivity index (χ0v) is 13.0. The highest BCUT2D eigenvalue weighted by molar-refractivity contribution is 6.35. The van der Waals surface area contributed by atoms with Crippen molar-refractivity contribution in [3.05, 3.63) is 47.1 Å². The van der Waals surface area contributed by atoms with E-state index in [-0.39, 0.29) is 12.0 Å². The van der Waals surface area contributed by atoms with E-state index in [1.54, 1.807) is 41.4 Å². The Morgan fingerprint density at radius 3 is 3.00 bits per heavy atom. The lowest BCUT2D eigenvalue weighted by atomic mass is 10.1. The van der Waals surface area contributed by atoms with Gasteiger partial charge in [0, 0.05) is 6.20 Å². The molecule has 0 aliphatic carbocycles. The minimum atomic E-state index is -0.230. The topological polar surface area (TPSA) is 51.7 Å². The van der Waals surface area contributed by atoms with Crippen LogP contribution in [0.5, 0.6) is 11.6 Å². The van der Waals surface area contributed by atoms with Crippen molar-refractivity contribution in [1.29, 1.82) is 0 Å². The Hall–Kier alpha value is -2.27. The van der Waals surface area contributed by atoms with Gasteiger partial charge in [0.25, 0.3) is 5.91 Å². The summed E-state index contributed by atoms with van der Waals surface area (Å²) in [6.07, 6.45) is 1.48. The summed E-state index contributed by atoms with van der Waals surface area (Å²) in [5.74, 6) is 0.662. The first-order chi connectivity index (χ1) is 10.6. The van der Waals surface area contributed by atoms with Crippen LogP contribution in [0.3, 0.4) is 0 Å². The highest BCUT2D eigenvalue weighted by atomic mass is 35.5. The number of halogens is 1. The van der Waals surface area contributed by atoms with Crippen molar-refractivity contribution in [2.24, 2.45) is 0 Å². The fraction of sp³-hybridized carbons (Fsp3) is 0.250. The molecule has 1 aliphatic rings. The molecule has 0 spiro atoms. The molecular weight excluding hydrogens is 304 g/mol. The van der Waals surface area contributed by atoms with Crippen LogP contribution in [-0.4, -0.2) is 30.6 Å². The van der Waals surface area contributed by atoms with Gasteiger partial charge in [-0.2, -0.15) is 0 Å². The van der Waals surface area contributed by atoms with E-state index >= 15 is 0 Å². The maximum absolute atomic E-state index is 13.0. The van der Waals surface area contributed by atoms with E-state index in [2.05, 4.69) is 4.98 Å². The van der Waals surface area contributed by atoms with Crippen molar-refractivity contribution in [1.82, 2.24) is 4.98 Å². The number of nitrogens with zero attached hydrogens (tertiary/aromatic N) is 2. The minimum Gasteiger partial charge on any atom is -0.496 e. The van der Waals surface area contributed by atoms with Gasteiger partial charge in [0.05, 0.1) is 18.7 Å². The van der Waals surface area contributed by atoms with Gasteiger partial charge in [-0.1, -0.05) is 17.7 Å². The van der Waals surface area contributed by atoms with Crippen molar-refractivity contribution in [2.45, 2.75) is 13.0 Å². The predicted octanol–water partition coefficient (Wildman–Crippen LogP) is 3.17. The van der Waals surface area contributed by atoms with Crippen LogP contribution in [0.1, 0.15) is 17.3 Å². The molecule has 1 atom stereocenters. The number of pyridine rings is 1. The summed E-state index contributed by atoms with van der Waals surface area (Å²) in [5.41, 5.74) is 0.975. The van der Waals surface area contributed by atoms with Crippen molar-refractivity contribution in [2.75, 3.05) is 18.6 Å². The van der Waals surface area contributed by atoms with Gasteiger partial charge < -0.3 is 9.47 Å². The summed E-state index contributed by atoms with van der Waals surface area (Å²) >= 11 is 6.21. The standard InChI is InChI=1S/C16H15ClN2O3/c1-10-9-19(12-6-4-8-18-15(12)22-10)16(20)14-11(17)5-3-7-13(14)21-2/h3-8,10H,9H2,1-2H3/t10-/m0/s1. The fourth-order valence-electron chi connectivity index (χ4n) is 2.47. The molecule has 1 aromatic carbocycles. The quantitative estimate of drug-likeness (QED) is 0.853. The lowest BCUT2D eigenvalue weighted by Crippen LogP contribution is -2.42. The average molecular weight is 319 g/mol. The van der Waals surface area contributed by atoms with Crippen LogP contribution in [0.25, 0.3) is 0 Å². The highest BCUT2D eigenvalue weighted by Gasteiger charge is 2.31.